The van der Waals surface area contributed by atoms with E-state index in [9.17, 15) is 9.59 Å². The molecule has 0 spiro atoms. The van der Waals surface area contributed by atoms with E-state index in [2.05, 4.69) is 5.32 Å². The zero-order valence-electron chi connectivity index (χ0n) is 14.3. The lowest BCUT2D eigenvalue weighted by Crippen LogP contribution is -2.28. The van der Waals surface area contributed by atoms with Crippen molar-refractivity contribution in [2.75, 3.05) is 13.7 Å². The molecule has 136 valence electrons. The van der Waals surface area contributed by atoms with Crippen molar-refractivity contribution in [3.8, 4) is 11.5 Å². The molecule has 0 saturated heterocycles. The van der Waals surface area contributed by atoms with Crippen LogP contribution in [-0.4, -0.2) is 30.7 Å². The number of hydroxylamine groups is 1. The minimum absolute atomic E-state index is 0.0989. The molecule has 2 aromatic rings. The highest BCUT2D eigenvalue weighted by Gasteiger charge is 2.03. The van der Waals surface area contributed by atoms with Crippen molar-refractivity contribution in [3.63, 3.8) is 0 Å². The van der Waals surface area contributed by atoms with Gasteiger partial charge in [0.15, 0.2) is 6.61 Å². The molecule has 0 radical (unpaired) electrons. The van der Waals surface area contributed by atoms with Crippen LogP contribution in [0.15, 0.2) is 54.6 Å². The molecule has 0 aliphatic carbocycles. The number of carbonyl (C=O) groups excluding carboxylic acids is 2. The monoisotopic (exact) mass is 356 g/mol. The lowest BCUT2D eigenvalue weighted by molar-refractivity contribution is -0.124. The average Bonchev–Trinajstić information content (AvgIpc) is 2.70. The third kappa shape index (κ3) is 6.29. The van der Waals surface area contributed by atoms with Gasteiger partial charge in [0.05, 0.1) is 7.11 Å². The molecule has 0 aromatic heterocycles. The number of ether oxygens (including phenoxy) is 2. The number of amides is 2. The van der Waals surface area contributed by atoms with E-state index in [0.717, 1.165) is 16.9 Å². The maximum atomic E-state index is 11.9. The highest BCUT2D eigenvalue weighted by Crippen LogP contribution is 2.13. The first-order valence-electron chi connectivity index (χ1n) is 7.85. The van der Waals surface area contributed by atoms with Crippen molar-refractivity contribution in [2.24, 2.45) is 0 Å². The van der Waals surface area contributed by atoms with E-state index >= 15 is 0 Å². The zero-order chi connectivity index (χ0) is 18.8. The molecule has 0 unspecified atom stereocenters. The summed E-state index contributed by atoms with van der Waals surface area (Å²) in [7, 11) is 1.60. The summed E-state index contributed by atoms with van der Waals surface area (Å²) in [6.07, 6.45) is 2.74. The Labute approximate surface area is 151 Å². The highest BCUT2D eigenvalue weighted by molar-refractivity contribution is 5.90. The van der Waals surface area contributed by atoms with Gasteiger partial charge in [-0.05, 0) is 41.5 Å². The van der Waals surface area contributed by atoms with Crippen LogP contribution in [0.4, 0.5) is 0 Å². The Bertz CT molecular complexity index is 755. The topological polar surface area (TPSA) is 96.9 Å². The fraction of sp³-hybridized carbons (Fsp3) is 0.158. The molecule has 0 heterocycles. The van der Waals surface area contributed by atoms with Crippen LogP contribution in [-0.2, 0) is 16.1 Å². The molecule has 0 atom stereocenters. The standard InChI is InChI=1S/C19H20N2O5/c1-25-16-7-4-15(5-8-16)12-20-19(23)13-26-17-9-2-14(3-10-17)6-11-18(22)21-24/h2-11,24H,12-13H2,1H3,(H,20,23)(H,21,22)/b11-6+. The third-order valence-corrected chi connectivity index (χ3v) is 3.44. The second-order valence-corrected chi connectivity index (χ2v) is 5.29. The van der Waals surface area contributed by atoms with E-state index in [0.29, 0.717) is 12.3 Å². The van der Waals surface area contributed by atoms with Crippen LogP contribution >= 0.6 is 0 Å². The van der Waals surface area contributed by atoms with Crippen LogP contribution in [0.3, 0.4) is 0 Å². The van der Waals surface area contributed by atoms with Crippen molar-refractivity contribution in [2.45, 2.75) is 6.54 Å². The molecule has 0 aliphatic heterocycles. The Balaban J connectivity index is 1.76. The van der Waals surface area contributed by atoms with E-state index in [1.54, 1.807) is 31.4 Å². The molecular weight excluding hydrogens is 336 g/mol. The first-order valence-corrected chi connectivity index (χ1v) is 7.85. The normalized spacial score (nSPS) is 10.4. The summed E-state index contributed by atoms with van der Waals surface area (Å²) in [5.41, 5.74) is 3.22. The van der Waals surface area contributed by atoms with E-state index in [4.69, 9.17) is 14.7 Å². The summed E-state index contributed by atoms with van der Waals surface area (Å²) in [5.74, 6) is 0.454. The van der Waals surface area contributed by atoms with Gasteiger partial charge in [0, 0.05) is 12.6 Å². The summed E-state index contributed by atoms with van der Waals surface area (Å²) >= 11 is 0. The van der Waals surface area contributed by atoms with Gasteiger partial charge in [-0.1, -0.05) is 24.3 Å². The predicted molar refractivity (Wildman–Crippen MR) is 95.7 cm³/mol. The number of methoxy groups -OCH3 is 1. The van der Waals surface area contributed by atoms with Crippen molar-refractivity contribution < 1.29 is 24.3 Å². The molecule has 0 saturated carbocycles. The molecule has 7 nitrogen and oxygen atoms in total. The van der Waals surface area contributed by atoms with E-state index < -0.39 is 5.91 Å². The van der Waals surface area contributed by atoms with Gasteiger partial charge in [-0.2, -0.15) is 0 Å². The van der Waals surface area contributed by atoms with Gasteiger partial charge < -0.3 is 14.8 Å². The Morgan fingerprint density at radius 3 is 2.31 bits per heavy atom. The van der Waals surface area contributed by atoms with Gasteiger partial charge >= 0.3 is 0 Å². The SMILES string of the molecule is COc1ccc(CNC(=O)COc2ccc(/C=C/C(=O)NO)cc2)cc1. The van der Waals surface area contributed by atoms with Crippen LogP contribution in [0.5, 0.6) is 11.5 Å². The largest absolute Gasteiger partial charge is 0.497 e. The first-order chi connectivity index (χ1) is 12.6. The molecule has 0 bridgehead atoms. The smallest absolute Gasteiger partial charge is 0.267 e. The summed E-state index contributed by atoms with van der Waals surface area (Å²) < 4.78 is 10.5. The van der Waals surface area contributed by atoms with Crippen LogP contribution in [0.1, 0.15) is 11.1 Å². The number of rotatable bonds is 8. The van der Waals surface area contributed by atoms with Gasteiger partial charge in [0.25, 0.3) is 11.8 Å². The van der Waals surface area contributed by atoms with E-state index in [1.165, 1.54) is 17.6 Å². The number of carbonyl (C=O) groups is 2. The van der Waals surface area contributed by atoms with Crippen LogP contribution in [0, 0.1) is 0 Å². The van der Waals surface area contributed by atoms with Gasteiger partial charge in [-0.3, -0.25) is 14.8 Å². The zero-order valence-corrected chi connectivity index (χ0v) is 14.3. The second-order valence-electron chi connectivity index (χ2n) is 5.29. The second kappa shape index (κ2) is 9.85. The third-order valence-electron chi connectivity index (χ3n) is 3.44. The molecule has 26 heavy (non-hydrogen) atoms. The fourth-order valence-corrected chi connectivity index (χ4v) is 2.03. The van der Waals surface area contributed by atoms with Crippen molar-refractivity contribution in [3.05, 3.63) is 65.7 Å². The highest BCUT2D eigenvalue weighted by atomic mass is 16.5. The van der Waals surface area contributed by atoms with Gasteiger partial charge in [-0.25, -0.2) is 5.48 Å². The Kier molecular flexibility index (Phi) is 7.20. The van der Waals surface area contributed by atoms with Crippen molar-refractivity contribution >= 4 is 17.9 Å². The lowest BCUT2D eigenvalue weighted by atomic mass is 10.2. The van der Waals surface area contributed by atoms with Crippen LogP contribution in [0.25, 0.3) is 6.08 Å². The molecular formula is C19H20N2O5. The average molecular weight is 356 g/mol. The van der Waals surface area contributed by atoms with Crippen molar-refractivity contribution in [1.82, 2.24) is 10.8 Å². The minimum Gasteiger partial charge on any atom is -0.497 e. The number of benzene rings is 2. The summed E-state index contributed by atoms with van der Waals surface area (Å²) in [6.45, 7) is 0.307. The summed E-state index contributed by atoms with van der Waals surface area (Å²) in [4.78, 5) is 22.8. The quantitative estimate of drug-likeness (QED) is 0.381. The molecule has 7 heteroatoms. The Morgan fingerprint density at radius 2 is 1.69 bits per heavy atom. The molecule has 2 aromatic carbocycles. The minimum atomic E-state index is -0.612. The Morgan fingerprint density at radius 1 is 1.04 bits per heavy atom. The number of hydrogen-bond acceptors (Lipinski definition) is 5. The van der Waals surface area contributed by atoms with Gasteiger partial charge in [0.2, 0.25) is 0 Å². The van der Waals surface area contributed by atoms with Crippen LogP contribution in [0.2, 0.25) is 0 Å². The Hall–Kier alpha value is -3.32. The summed E-state index contributed by atoms with van der Waals surface area (Å²) in [5, 5.41) is 11.2. The predicted octanol–water partition coefficient (Wildman–Crippen LogP) is 1.91. The first kappa shape index (κ1) is 19.0. The fourth-order valence-electron chi connectivity index (χ4n) is 2.03. The van der Waals surface area contributed by atoms with Crippen LogP contribution < -0.4 is 20.3 Å². The molecule has 2 amide bonds. The van der Waals surface area contributed by atoms with Gasteiger partial charge in [0.1, 0.15) is 11.5 Å². The van der Waals surface area contributed by atoms with Crippen molar-refractivity contribution in [1.29, 1.82) is 0 Å². The number of nitrogens with one attached hydrogen (secondary N) is 2. The molecule has 3 N–H and O–H groups in total. The summed E-state index contributed by atoms with van der Waals surface area (Å²) in [6, 6.07) is 14.3. The van der Waals surface area contributed by atoms with E-state index in [1.807, 2.05) is 24.3 Å². The van der Waals surface area contributed by atoms with Gasteiger partial charge in [-0.15, -0.1) is 0 Å². The lowest BCUT2D eigenvalue weighted by Gasteiger charge is -2.08. The molecule has 2 rings (SSSR count). The maximum Gasteiger partial charge on any atom is 0.267 e. The van der Waals surface area contributed by atoms with E-state index in [-0.39, 0.29) is 12.5 Å². The number of hydrogen-bond donors (Lipinski definition) is 3. The molecule has 0 aliphatic rings. The maximum absolute atomic E-state index is 11.9. The molecule has 0 fully saturated rings.